The lowest BCUT2D eigenvalue weighted by Gasteiger charge is -2.27. The minimum absolute atomic E-state index is 0.312. The van der Waals surface area contributed by atoms with Crippen molar-refractivity contribution in [1.82, 2.24) is 5.32 Å². The van der Waals surface area contributed by atoms with E-state index in [0.29, 0.717) is 5.75 Å². The number of carbonyl (C=O) groups is 1. The number of halogens is 1. The van der Waals surface area contributed by atoms with E-state index in [0.717, 1.165) is 29.3 Å². The second-order valence-electron chi connectivity index (χ2n) is 4.71. The molecule has 1 atom stereocenters. The fourth-order valence-electron chi connectivity index (χ4n) is 1.59. The zero-order chi connectivity index (χ0) is 14.3. The Kier molecular flexibility index (Phi) is 6.69. The average Bonchev–Trinajstić information content (AvgIpc) is 2.38. The number of hydrogen-bond donors (Lipinski definition) is 2. The standard InChI is InChI=1S/C14H21ClN2OS/c1-3-8-17-14(2,13(16)18)10-19-9-11-6-4-5-7-12(11)15/h4-7,17H,3,8-10H2,1-2H3,(H2,16,18). The zero-order valence-corrected chi connectivity index (χ0v) is 13.0. The molecule has 1 amide bonds. The monoisotopic (exact) mass is 300 g/mol. The zero-order valence-electron chi connectivity index (χ0n) is 11.4. The quantitative estimate of drug-likeness (QED) is 0.776. The van der Waals surface area contributed by atoms with Gasteiger partial charge in [-0.1, -0.05) is 36.7 Å². The molecule has 19 heavy (non-hydrogen) atoms. The lowest BCUT2D eigenvalue weighted by Crippen LogP contribution is -2.55. The predicted molar refractivity (Wildman–Crippen MR) is 83.5 cm³/mol. The first-order valence-electron chi connectivity index (χ1n) is 6.35. The molecule has 1 aromatic carbocycles. The van der Waals surface area contributed by atoms with Gasteiger partial charge in [0, 0.05) is 16.5 Å². The van der Waals surface area contributed by atoms with E-state index in [9.17, 15) is 4.79 Å². The fourth-order valence-corrected chi connectivity index (χ4v) is 3.10. The molecule has 1 unspecified atom stereocenters. The molecule has 0 fully saturated rings. The second-order valence-corrected chi connectivity index (χ2v) is 6.10. The van der Waals surface area contributed by atoms with Crippen LogP contribution in [0.1, 0.15) is 25.8 Å². The van der Waals surface area contributed by atoms with Crippen LogP contribution in [0.5, 0.6) is 0 Å². The van der Waals surface area contributed by atoms with Crippen LogP contribution in [0.4, 0.5) is 0 Å². The summed E-state index contributed by atoms with van der Waals surface area (Å²) in [7, 11) is 0. The number of rotatable bonds is 8. The van der Waals surface area contributed by atoms with Crippen LogP contribution < -0.4 is 11.1 Å². The Bertz CT molecular complexity index is 428. The van der Waals surface area contributed by atoms with Crippen LogP contribution in [0.2, 0.25) is 5.02 Å². The molecule has 0 aromatic heterocycles. The summed E-state index contributed by atoms with van der Waals surface area (Å²) in [6, 6.07) is 7.74. The van der Waals surface area contributed by atoms with Gasteiger partial charge in [-0.2, -0.15) is 11.8 Å². The largest absolute Gasteiger partial charge is 0.368 e. The van der Waals surface area contributed by atoms with Crippen molar-refractivity contribution in [2.45, 2.75) is 31.6 Å². The van der Waals surface area contributed by atoms with Gasteiger partial charge in [0.1, 0.15) is 5.54 Å². The lowest BCUT2D eigenvalue weighted by molar-refractivity contribution is -0.122. The molecule has 0 heterocycles. The van der Waals surface area contributed by atoms with Crippen molar-refractivity contribution >= 4 is 29.3 Å². The highest BCUT2D eigenvalue weighted by molar-refractivity contribution is 7.98. The number of carbonyl (C=O) groups excluding carboxylic acids is 1. The number of thioether (sulfide) groups is 1. The average molecular weight is 301 g/mol. The Morgan fingerprint density at radius 1 is 1.47 bits per heavy atom. The van der Waals surface area contributed by atoms with Crippen LogP contribution in [0.3, 0.4) is 0 Å². The van der Waals surface area contributed by atoms with Gasteiger partial charge >= 0.3 is 0 Å². The Morgan fingerprint density at radius 2 is 2.16 bits per heavy atom. The van der Waals surface area contributed by atoms with Crippen molar-refractivity contribution in [3.63, 3.8) is 0 Å². The Balaban J connectivity index is 2.53. The van der Waals surface area contributed by atoms with E-state index in [1.165, 1.54) is 0 Å². The molecule has 3 N–H and O–H groups in total. The molecule has 1 aromatic rings. The molecule has 1 rings (SSSR count). The van der Waals surface area contributed by atoms with Gasteiger partial charge in [-0.3, -0.25) is 4.79 Å². The van der Waals surface area contributed by atoms with E-state index in [1.54, 1.807) is 11.8 Å². The van der Waals surface area contributed by atoms with Crippen LogP contribution in [0, 0.1) is 0 Å². The minimum atomic E-state index is -0.665. The van der Waals surface area contributed by atoms with Crippen LogP contribution in [0.15, 0.2) is 24.3 Å². The van der Waals surface area contributed by atoms with Gasteiger partial charge in [0.2, 0.25) is 5.91 Å². The smallest absolute Gasteiger partial charge is 0.238 e. The van der Waals surface area contributed by atoms with Crippen molar-refractivity contribution in [3.05, 3.63) is 34.9 Å². The van der Waals surface area contributed by atoms with Crippen LogP contribution in [0.25, 0.3) is 0 Å². The third-order valence-electron chi connectivity index (χ3n) is 2.92. The lowest BCUT2D eigenvalue weighted by atomic mass is 10.1. The van der Waals surface area contributed by atoms with Crippen molar-refractivity contribution in [1.29, 1.82) is 0 Å². The maximum Gasteiger partial charge on any atom is 0.238 e. The number of benzene rings is 1. The minimum Gasteiger partial charge on any atom is -0.368 e. The molecule has 0 aliphatic heterocycles. The molecule has 106 valence electrons. The summed E-state index contributed by atoms with van der Waals surface area (Å²) >= 11 is 7.76. The number of amides is 1. The summed E-state index contributed by atoms with van der Waals surface area (Å²) in [6.07, 6.45) is 0.970. The molecule has 0 aliphatic carbocycles. The van der Waals surface area contributed by atoms with Crippen molar-refractivity contribution in [3.8, 4) is 0 Å². The summed E-state index contributed by atoms with van der Waals surface area (Å²) in [5.74, 6) is 1.09. The Morgan fingerprint density at radius 3 is 2.74 bits per heavy atom. The molecular weight excluding hydrogens is 280 g/mol. The van der Waals surface area contributed by atoms with Crippen LogP contribution in [-0.4, -0.2) is 23.7 Å². The molecule has 5 heteroatoms. The van der Waals surface area contributed by atoms with Gasteiger partial charge in [-0.05, 0) is 31.5 Å². The SMILES string of the molecule is CCCNC(C)(CSCc1ccccc1Cl)C(N)=O. The molecule has 0 saturated heterocycles. The third kappa shape index (κ3) is 5.05. The molecule has 0 bridgehead atoms. The highest BCUT2D eigenvalue weighted by Gasteiger charge is 2.29. The molecule has 3 nitrogen and oxygen atoms in total. The molecule has 0 aliphatic rings. The number of primary amides is 1. The summed E-state index contributed by atoms with van der Waals surface area (Å²) in [4.78, 5) is 11.6. The predicted octanol–water partition coefficient (Wildman–Crippen LogP) is 2.82. The van der Waals surface area contributed by atoms with E-state index in [2.05, 4.69) is 12.2 Å². The van der Waals surface area contributed by atoms with E-state index in [-0.39, 0.29) is 5.91 Å². The maximum absolute atomic E-state index is 11.6. The Labute approximate surface area is 124 Å². The first-order valence-corrected chi connectivity index (χ1v) is 7.89. The van der Waals surface area contributed by atoms with E-state index in [1.807, 2.05) is 31.2 Å². The summed E-state index contributed by atoms with van der Waals surface area (Å²) in [5, 5.41) is 3.98. The Hall–Kier alpha value is -0.710. The molecular formula is C14H21ClN2OS. The summed E-state index contributed by atoms with van der Waals surface area (Å²) < 4.78 is 0. The van der Waals surface area contributed by atoms with E-state index < -0.39 is 5.54 Å². The first-order chi connectivity index (χ1) is 8.99. The van der Waals surface area contributed by atoms with E-state index in [4.69, 9.17) is 17.3 Å². The van der Waals surface area contributed by atoms with Gasteiger partial charge in [-0.15, -0.1) is 0 Å². The van der Waals surface area contributed by atoms with Crippen LogP contribution in [-0.2, 0) is 10.5 Å². The van der Waals surface area contributed by atoms with Gasteiger partial charge in [-0.25, -0.2) is 0 Å². The third-order valence-corrected chi connectivity index (χ3v) is 4.58. The second kappa shape index (κ2) is 7.78. The normalized spacial score (nSPS) is 14.1. The first kappa shape index (κ1) is 16.3. The number of hydrogen-bond acceptors (Lipinski definition) is 3. The van der Waals surface area contributed by atoms with Crippen LogP contribution >= 0.6 is 23.4 Å². The van der Waals surface area contributed by atoms with Crippen molar-refractivity contribution in [2.75, 3.05) is 12.3 Å². The van der Waals surface area contributed by atoms with Gasteiger partial charge < -0.3 is 11.1 Å². The van der Waals surface area contributed by atoms with Gasteiger partial charge in [0.25, 0.3) is 0 Å². The number of nitrogens with one attached hydrogen (secondary N) is 1. The number of nitrogens with two attached hydrogens (primary N) is 1. The van der Waals surface area contributed by atoms with E-state index >= 15 is 0 Å². The highest BCUT2D eigenvalue weighted by atomic mass is 35.5. The molecule has 0 saturated carbocycles. The maximum atomic E-state index is 11.6. The van der Waals surface area contributed by atoms with Crippen molar-refractivity contribution in [2.24, 2.45) is 5.73 Å². The molecule has 0 radical (unpaired) electrons. The topological polar surface area (TPSA) is 55.1 Å². The van der Waals surface area contributed by atoms with Gasteiger partial charge in [0.05, 0.1) is 0 Å². The molecule has 0 spiro atoms. The summed E-state index contributed by atoms with van der Waals surface area (Å²) in [6.45, 7) is 4.70. The fraction of sp³-hybridized carbons (Fsp3) is 0.500. The summed E-state index contributed by atoms with van der Waals surface area (Å²) in [5.41, 5.74) is 5.90. The van der Waals surface area contributed by atoms with Crippen molar-refractivity contribution < 1.29 is 4.79 Å². The highest BCUT2D eigenvalue weighted by Crippen LogP contribution is 2.23. The van der Waals surface area contributed by atoms with Gasteiger partial charge in [0.15, 0.2) is 0 Å².